The second-order valence-electron chi connectivity index (χ2n) is 4.46. The lowest BCUT2D eigenvalue weighted by molar-refractivity contribution is 0.0892. The second kappa shape index (κ2) is 4.74. The molecule has 0 radical (unpaired) electrons. The zero-order chi connectivity index (χ0) is 12.3. The summed E-state index contributed by atoms with van der Waals surface area (Å²) < 4.78 is 12.9. The second-order valence-corrected chi connectivity index (χ2v) is 4.46. The molecule has 3 heteroatoms. The number of nitrogens with two attached hydrogens (primary N) is 1. The van der Waals surface area contributed by atoms with E-state index in [0.29, 0.717) is 17.5 Å². The van der Waals surface area contributed by atoms with Gasteiger partial charge in [0.15, 0.2) is 5.78 Å². The predicted molar refractivity (Wildman–Crippen MR) is 63.0 cm³/mol. The van der Waals surface area contributed by atoms with Crippen LogP contribution in [0.2, 0.25) is 0 Å². The molecule has 88 valence electrons. The van der Waals surface area contributed by atoms with E-state index in [4.69, 9.17) is 5.73 Å². The van der Waals surface area contributed by atoms with E-state index in [0.717, 1.165) is 6.42 Å². The SMILES string of the molecule is CCCC(C)(N)C(=O)c1ccc(F)cc1C. The summed E-state index contributed by atoms with van der Waals surface area (Å²) in [6.45, 7) is 5.43. The highest BCUT2D eigenvalue weighted by atomic mass is 19.1. The number of hydrogen-bond donors (Lipinski definition) is 1. The molecule has 1 atom stereocenters. The van der Waals surface area contributed by atoms with Gasteiger partial charge >= 0.3 is 0 Å². The molecule has 1 unspecified atom stereocenters. The van der Waals surface area contributed by atoms with E-state index in [9.17, 15) is 9.18 Å². The monoisotopic (exact) mass is 223 g/mol. The Labute approximate surface area is 95.7 Å². The van der Waals surface area contributed by atoms with Gasteiger partial charge in [-0.3, -0.25) is 4.79 Å². The lowest BCUT2D eigenvalue weighted by atomic mass is 9.86. The Morgan fingerprint density at radius 1 is 1.50 bits per heavy atom. The van der Waals surface area contributed by atoms with E-state index in [2.05, 4.69) is 0 Å². The average molecular weight is 223 g/mol. The molecule has 0 aliphatic heterocycles. The molecule has 2 nitrogen and oxygen atoms in total. The van der Waals surface area contributed by atoms with Crippen LogP contribution < -0.4 is 5.73 Å². The van der Waals surface area contributed by atoms with Crippen LogP contribution in [-0.4, -0.2) is 11.3 Å². The van der Waals surface area contributed by atoms with Crippen molar-refractivity contribution < 1.29 is 9.18 Å². The molecule has 0 heterocycles. The lowest BCUT2D eigenvalue weighted by Gasteiger charge is -2.23. The van der Waals surface area contributed by atoms with Crippen molar-refractivity contribution in [1.29, 1.82) is 0 Å². The summed E-state index contributed by atoms with van der Waals surface area (Å²) in [5.74, 6) is -0.449. The van der Waals surface area contributed by atoms with Gasteiger partial charge in [0, 0.05) is 5.56 Å². The highest BCUT2D eigenvalue weighted by molar-refractivity contribution is 6.03. The highest BCUT2D eigenvalue weighted by Gasteiger charge is 2.29. The molecule has 0 saturated heterocycles. The van der Waals surface area contributed by atoms with E-state index in [1.807, 2.05) is 6.92 Å². The summed E-state index contributed by atoms with van der Waals surface area (Å²) in [5, 5.41) is 0. The number of halogens is 1. The largest absolute Gasteiger partial charge is 0.319 e. The molecule has 0 aromatic heterocycles. The Bertz CT molecular complexity index is 399. The number of hydrogen-bond acceptors (Lipinski definition) is 2. The summed E-state index contributed by atoms with van der Waals surface area (Å²) in [7, 11) is 0. The van der Waals surface area contributed by atoms with Crippen LogP contribution in [0.3, 0.4) is 0 Å². The molecule has 1 aromatic rings. The molecule has 0 aliphatic carbocycles. The number of rotatable bonds is 4. The molecular weight excluding hydrogens is 205 g/mol. The summed E-state index contributed by atoms with van der Waals surface area (Å²) >= 11 is 0. The van der Waals surface area contributed by atoms with Gasteiger partial charge in [-0.25, -0.2) is 4.39 Å². The Hall–Kier alpha value is -1.22. The Balaban J connectivity index is 3.05. The first-order chi connectivity index (χ1) is 7.38. The minimum absolute atomic E-state index is 0.119. The van der Waals surface area contributed by atoms with Gasteiger partial charge in [-0.15, -0.1) is 0 Å². The first-order valence-corrected chi connectivity index (χ1v) is 5.48. The van der Waals surface area contributed by atoms with Gasteiger partial charge in [-0.1, -0.05) is 13.3 Å². The zero-order valence-corrected chi connectivity index (χ0v) is 10.0. The molecular formula is C13H18FNO. The van der Waals surface area contributed by atoms with Gasteiger partial charge < -0.3 is 5.73 Å². The molecule has 0 spiro atoms. The summed E-state index contributed by atoms with van der Waals surface area (Å²) in [5.41, 5.74) is 6.25. The first kappa shape index (κ1) is 12.8. The molecule has 0 bridgehead atoms. The Morgan fingerprint density at radius 2 is 2.12 bits per heavy atom. The summed E-state index contributed by atoms with van der Waals surface area (Å²) in [6.07, 6.45) is 1.47. The van der Waals surface area contributed by atoms with E-state index >= 15 is 0 Å². The fourth-order valence-electron chi connectivity index (χ4n) is 1.82. The van der Waals surface area contributed by atoms with Crippen molar-refractivity contribution in [1.82, 2.24) is 0 Å². The minimum atomic E-state index is -0.864. The predicted octanol–water partition coefficient (Wildman–Crippen LogP) is 2.83. The number of aryl methyl sites for hydroxylation is 1. The van der Waals surface area contributed by atoms with Crippen LogP contribution in [-0.2, 0) is 0 Å². The number of carbonyl (C=O) groups excluding carboxylic acids is 1. The minimum Gasteiger partial charge on any atom is -0.319 e. The third-order valence-electron chi connectivity index (χ3n) is 2.72. The van der Waals surface area contributed by atoms with Crippen molar-refractivity contribution in [2.45, 2.75) is 39.2 Å². The lowest BCUT2D eigenvalue weighted by Crippen LogP contribution is -2.45. The van der Waals surface area contributed by atoms with E-state index < -0.39 is 5.54 Å². The van der Waals surface area contributed by atoms with E-state index in [1.165, 1.54) is 18.2 Å². The van der Waals surface area contributed by atoms with Gasteiger partial charge in [0.25, 0.3) is 0 Å². The van der Waals surface area contributed by atoms with Gasteiger partial charge in [-0.2, -0.15) is 0 Å². The quantitative estimate of drug-likeness (QED) is 0.797. The van der Waals surface area contributed by atoms with Crippen molar-refractivity contribution in [2.75, 3.05) is 0 Å². The van der Waals surface area contributed by atoms with Crippen LogP contribution in [0, 0.1) is 12.7 Å². The van der Waals surface area contributed by atoms with Gasteiger partial charge in [0.1, 0.15) is 5.82 Å². The average Bonchev–Trinajstić information content (AvgIpc) is 2.16. The smallest absolute Gasteiger partial charge is 0.182 e. The van der Waals surface area contributed by atoms with Gasteiger partial charge in [0.05, 0.1) is 5.54 Å². The number of ketones is 1. The van der Waals surface area contributed by atoms with Gasteiger partial charge in [-0.05, 0) is 44.0 Å². The third kappa shape index (κ3) is 2.67. The number of Topliss-reactive ketones (excluding diaryl/α,β-unsaturated/α-hetero) is 1. The van der Waals surface area contributed by atoms with Crippen molar-refractivity contribution >= 4 is 5.78 Å². The van der Waals surface area contributed by atoms with E-state index in [-0.39, 0.29) is 11.6 Å². The fourth-order valence-corrected chi connectivity index (χ4v) is 1.82. The zero-order valence-electron chi connectivity index (χ0n) is 10.0. The van der Waals surface area contributed by atoms with Crippen LogP contribution in [0.5, 0.6) is 0 Å². The number of carbonyl (C=O) groups is 1. The third-order valence-corrected chi connectivity index (χ3v) is 2.72. The molecule has 1 rings (SSSR count). The standard InChI is InChI=1S/C13H18FNO/c1-4-7-13(3,15)12(16)11-6-5-10(14)8-9(11)2/h5-6,8H,4,7,15H2,1-3H3. The maximum atomic E-state index is 12.9. The van der Waals surface area contributed by atoms with Crippen molar-refractivity contribution in [2.24, 2.45) is 5.73 Å². The van der Waals surface area contributed by atoms with Crippen LogP contribution >= 0.6 is 0 Å². The summed E-state index contributed by atoms with van der Waals surface area (Å²) in [6, 6.07) is 4.16. The molecule has 1 aromatic carbocycles. The van der Waals surface area contributed by atoms with Crippen LogP contribution in [0.15, 0.2) is 18.2 Å². The normalized spacial score (nSPS) is 14.6. The van der Waals surface area contributed by atoms with Crippen molar-refractivity contribution in [3.05, 3.63) is 35.1 Å². The van der Waals surface area contributed by atoms with E-state index in [1.54, 1.807) is 13.8 Å². The Morgan fingerprint density at radius 3 is 2.62 bits per heavy atom. The Kier molecular flexibility index (Phi) is 3.81. The molecule has 16 heavy (non-hydrogen) atoms. The first-order valence-electron chi connectivity index (χ1n) is 5.48. The fraction of sp³-hybridized carbons (Fsp3) is 0.462. The summed E-state index contributed by atoms with van der Waals surface area (Å²) in [4.78, 5) is 12.1. The molecule has 0 saturated carbocycles. The molecule has 0 fully saturated rings. The van der Waals surface area contributed by atoms with Crippen LogP contribution in [0.4, 0.5) is 4.39 Å². The van der Waals surface area contributed by atoms with Crippen molar-refractivity contribution in [3.8, 4) is 0 Å². The molecule has 2 N–H and O–H groups in total. The van der Waals surface area contributed by atoms with Crippen LogP contribution in [0.1, 0.15) is 42.6 Å². The highest BCUT2D eigenvalue weighted by Crippen LogP contribution is 2.19. The van der Waals surface area contributed by atoms with Crippen LogP contribution in [0.25, 0.3) is 0 Å². The topological polar surface area (TPSA) is 43.1 Å². The maximum absolute atomic E-state index is 12.9. The van der Waals surface area contributed by atoms with Gasteiger partial charge in [0.2, 0.25) is 0 Å². The molecule has 0 aliphatic rings. The number of benzene rings is 1. The molecule has 0 amide bonds. The maximum Gasteiger partial charge on any atom is 0.182 e. The van der Waals surface area contributed by atoms with Crippen molar-refractivity contribution in [3.63, 3.8) is 0 Å².